The minimum atomic E-state index is -0.850. The van der Waals surface area contributed by atoms with Crippen LogP contribution in [-0.4, -0.2) is 40.8 Å². The molecular formula is C12H17N3O4. The van der Waals surface area contributed by atoms with Crippen LogP contribution in [0.4, 0.5) is 11.5 Å². The van der Waals surface area contributed by atoms with E-state index < -0.39 is 10.5 Å². The number of aliphatic hydroxyl groups is 1. The number of aromatic nitrogens is 1. The van der Waals surface area contributed by atoms with Crippen LogP contribution in [0, 0.1) is 10.1 Å². The molecule has 1 fully saturated rings. The minimum absolute atomic E-state index is 0.0708. The molecule has 0 bridgehead atoms. The van der Waals surface area contributed by atoms with Gasteiger partial charge in [0.05, 0.1) is 17.6 Å². The smallest absolute Gasteiger partial charge is 0.311 e. The fraction of sp³-hybridized carbons (Fsp3) is 0.583. The summed E-state index contributed by atoms with van der Waals surface area (Å²) in [5.74, 6) is 0.579. The van der Waals surface area contributed by atoms with E-state index >= 15 is 0 Å². The maximum absolute atomic E-state index is 11.1. The van der Waals surface area contributed by atoms with Gasteiger partial charge in [-0.15, -0.1) is 0 Å². The molecule has 0 aromatic carbocycles. The van der Waals surface area contributed by atoms with Gasteiger partial charge in [-0.3, -0.25) is 10.1 Å². The van der Waals surface area contributed by atoms with E-state index in [-0.39, 0.29) is 11.5 Å². The Hall–Kier alpha value is -1.89. The van der Waals surface area contributed by atoms with Gasteiger partial charge in [-0.05, 0) is 19.8 Å². The van der Waals surface area contributed by atoms with Gasteiger partial charge in [0.2, 0.25) is 11.7 Å². The number of nitro groups is 1. The van der Waals surface area contributed by atoms with Gasteiger partial charge in [0.15, 0.2) is 0 Å². The summed E-state index contributed by atoms with van der Waals surface area (Å²) in [6.45, 7) is 2.69. The van der Waals surface area contributed by atoms with Crippen LogP contribution in [0.2, 0.25) is 0 Å². The number of nitrogens with zero attached hydrogens (tertiary/aromatic N) is 3. The summed E-state index contributed by atoms with van der Waals surface area (Å²) in [7, 11) is 1.46. The number of methoxy groups -OCH3 is 1. The maximum atomic E-state index is 11.1. The highest BCUT2D eigenvalue weighted by atomic mass is 16.6. The highest BCUT2D eigenvalue weighted by molar-refractivity contribution is 5.59. The first-order chi connectivity index (χ1) is 8.93. The average molecular weight is 267 g/mol. The van der Waals surface area contributed by atoms with Gasteiger partial charge in [-0.25, -0.2) is 0 Å². The molecule has 7 nitrogen and oxygen atoms in total. The number of pyridine rings is 1. The van der Waals surface area contributed by atoms with Crippen molar-refractivity contribution in [1.29, 1.82) is 0 Å². The molecule has 1 aliphatic heterocycles. The second-order valence-electron chi connectivity index (χ2n) is 4.98. The van der Waals surface area contributed by atoms with E-state index in [1.807, 2.05) is 0 Å². The van der Waals surface area contributed by atoms with Crippen molar-refractivity contribution in [3.05, 3.63) is 22.2 Å². The first kappa shape index (κ1) is 13.5. The van der Waals surface area contributed by atoms with Crippen LogP contribution in [0.5, 0.6) is 5.88 Å². The number of hydrogen-bond acceptors (Lipinski definition) is 6. The van der Waals surface area contributed by atoms with Crippen LogP contribution < -0.4 is 9.64 Å². The van der Waals surface area contributed by atoms with E-state index in [2.05, 4.69) is 4.98 Å². The quantitative estimate of drug-likeness (QED) is 0.657. The molecule has 2 rings (SSSR count). The maximum Gasteiger partial charge on any atom is 0.311 e. The fourth-order valence-corrected chi connectivity index (χ4v) is 2.31. The molecule has 1 atom stereocenters. The Bertz CT molecular complexity index is 490. The lowest BCUT2D eigenvalue weighted by Gasteiger charge is -2.37. The Morgan fingerprint density at radius 3 is 2.89 bits per heavy atom. The molecule has 0 radical (unpaired) electrons. The molecule has 1 aliphatic rings. The first-order valence-electron chi connectivity index (χ1n) is 6.10. The Morgan fingerprint density at radius 2 is 2.32 bits per heavy atom. The average Bonchev–Trinajstić information content (AvgIpc) is 2.36. The van der Waals surface area contributed by atoms with E-state index in [9.17, 15) is 15.2 Å². The lowest BCUT2D eigenvalue weighted by molar-refractivity contribution is -0.384. The zero-order valence-electron chi connectivity index (χ0n) is 11.0. The van der Waals surface area contributed by atoms with Crippen molar-refractivity contribution in [3.8, 4) is 5.88 Å². The second kappa shape index (κ2) is 5.00. The largest absolute Gasteiger partial charge is 0.481 e. The third-order valence-corrected chi connectivity index (χ3v) is 3.21. The summed E-state index contributed by atoms with van der Waals surface area (Å²) < 4.78 is 5.01. The Morgan fingerprint density at radius 1 is 1.58 bits per heavy atom. The van der Waals surface area contributed by atoms with Crippen molar-refractivity contribution in [2.75, 3.05) is 25.1 Å². The van der Waals surface area contributed by atoms with E-state index in [4.69, 9.17) is 4.74 Å². The van der Waals surface area contributed by atoms with Gasteiger partial charge < -0.3 is 14.7 Å². The van der Waals surface area contributed by atoms with Crippen molar-refractivity contribution >= 4 is 11.5 Å². The SMILES string of the molecule is COc1ccc([N+](=O)[O-])c(N2CCCC(C)(O)C2)n1. The van der Waals surface area contributed by atoms with Crippen LogP contribution in [0.15, 0.2) is 12.1 Å². The normalized spacial score (nSPS) is 23.2. The third kappa shape index (κ3) is 2.93. The van der Waals surface area contributed by atoms with Crippen molar-refractivity contribution in [2.24, 2.45) is 0 Å². The summed E-state index contributed by atoms with van der Waals surface area (Å²) in [6, 6.07) is 2.84. The van der Waals surface area contributed by atoms with Crippen molar-refractivity contribution in [2.45, 2.75) is 25.4 Å². The molecule has 1 N–H and O–H groups in total. The number of rotatable bonds is 3. The summed E-state index contributed by atoms with van der Waals surface area (Å²) in [5, 5.41) is 21.2. The van der Waals surface area contributed by atoms with Crippen LogP contribution in [-0.2, 0) is 0 Å². The van der Waals surface area contributed by atoms with Gasteiger partial charge in [0.25, 0.3) is 0 Å². The standard InChI is InChI=1S/C12H17N3O4/c1-12(16)6-3-7-14(8-12)11-9(15(17)18)4-5-10(13-11)19-2/h4-5,16H,3,6-8H2,1-2H3. The lowest BCUT2D eigenvalue weighted by atomic mass is 9.95. The van der Waals surface area contributed by atoms with E-state index in [0.29, 0.717) is 25.4 Å². The number of hydrogen-bond donors (Lipinski definition) is 1. The summed E-state index contributed by atoms with van der Waals surface area (Å²) in [4.78, 5) is 16.5. The van der Waals surface area contributed by atoms with Crippen LogP contribution >= 0.6 is 0 Å². The summed E-state index contributed by atoms with van der Waals surface area (Å²) >= 11 is 0. The molecule has 1 unspecified atom stereocenters. The number of β-amino-alcohol motifs (C(OH)–C–C–N with tert-alkyl or cyclic N) is 1. The van der Waals surface area contributed by atoms with Crippen LogP contribution in [0.25, 0.3) is 0 Å². The highest BCUT2D eigenvalue weighted by Crippen LogP contribution is 2.32. The molecule has 19 heavy (non-hydrogen) atoms. The van der Waals surface area contributed by atoms with E-state index in [1.54, 1.807) is 11.8 Å². The topological polar surface area (TPSA) is 88.7 Å². The fourth-order valence-electron chi connectivity index (χ4n) is 2.31. The van der Waals surface area contributed by atoms with Gasteiger partial charge in [-0.1, -0.05) is 0 Å². The number of anilines is 1. The molecular weight excluding hydrogens is 250 g/mol. The summed E-state index contributed by atoms with van der Waals surface area (Å²) in [6.07, 6.45) is 1.45. The predicted molar refractivity (Wildman–Crippen MR) is 69.5 cm³/mol. The molecule has 0 saturated carbocycles. The van der Waals surface area contributed by atoms with Crippen LogP contribution in [0.1, 0.15) is 19.8 Å². The van der Waals surface area contributed by atoms with Gasteiger partial charge in [-0.2, -0.15) is 4.98 Å². The molecule has 104 valence electrons. The van der Waals surface area contributed by atoms with Gasteiger partial charge >= 0.3 is 5.69 Å². The van der Waals surface area contributed by atoms with Gasteiger partial charge in [0, 0.05) is 25.2 Å². The lowest BCUT2D eigenvalue weighted by Crippen LogP contribution is -2.46. The highest BCUT2D eigenvalue weighted by Gasteiger charge is 2.32. The molecule has 1 aromatic rings. The molecule has 0 amide bonds. The summed E-state index contributed by atoms with van der Waals surface area (Å²) in [5.41, 5.74) is -0.921. The zero-order valence-corrected chi connectivity index (χ0v) is 11.0. The minimum Gasteiger partial charge on any atom is -0.481 e. The first-order valence-corrected chi connectivity index (χ1v) is 6.10. The number of piperidine rings is 1. The Balaban J connectivity index is 2.38. The van der Waals surface area contributed by atoms with Gasteiger partial charge in [0.1, 0.15) is 0 Å². The molecule has 1 aromatic heterocycles. The van der Waals surface area contributed by atoms with Crippen molar-refractivity contribution < 1.29 is 14.8 Å². The third-order valence-electron chi connectivity index (χ3n) is 3.21. The Labute approximate surface area is 111 Å². The van der Waals surface area contributed by atoms with E-state index in [0.717, 1.165) is 6.42 Å². The predicted octanol–water partition coefficient (Wildman–Crippen LogP) is 1.35. The molecule has 2 heterocycles. The van der Waals surface area contributed by atoms with Crippen molar-refractivity contribution in [3.63, 3.8) is 0 Å². The van der Waals surface area contributed by atoms with Crippen LogP contribution in [0.3, 0.4) is 0 Å². The number of ether oxygens (including phenoxy) is 1. The van der Waals surface area contributed by atoms with Crippen molar-refractivity contribution in [1.82, 2.24) is 4.98 Å². The zero-order chi connectivity index (χ0) is 14.0. The van der Waals surface area contributed by atoms with E-state index in [1.165, 1.54) is 19.2 Å². The Kier molecular flexibility index (Phi) is 3.57. The molecule has 0 spiro atoms. The monoisotopic (exact) mass is 267 g/mol. The molecule has 0 aliphatic carbocycles. The second-order valence-corrected chi connectivity index (χ2v) is 4.98. The molecule has 7 heteroatoms. The molecule has 1 saturated heterocycles.